The Morgan fingerprint density at radius 3 is 2.64 bits per heavy atom. The molecule has 1 N–H and O–H groups in total. The maximum absolute atomic E-state index is 6.22. The van der Waals surface area contributed by atoms with E-state index in [0.717, 1.165) is 35.4 Å². The van der Waals surface area contributed by atoms with Crippen LogP contribution in [0, 0.1) is 0 Å². The molecule has 0 saturated heterocycles. The number of pyridine rings is 2. The quantitative estimate of drug-likeness (QED) is 0.731. The molecule has 2 aromatic heterocycles. The third-order valence-corrected chi connectivity index (χ3v) is 4.41. The Morgan fingerprint density at radius 1 is 0.864 bits per heavy atom. The van der Waals surface area contributed by atoms with Crippen LogP contribution in [0.5, 0.6) is 0 Å². The van der Waals surface area contributed by atoms with Crippen molar-refractivity contribution in [2.24, 2.45) is 0 Å². The minimum Gasteiger partial charge on any atom is -0.325 e. The largest absolute Gasteiger partial charge is 0.325 e. The van der Waals surface area contributed by atoms with Crippen LogP contribution < -0.4 is 5.32 Å². The van der Waals surface area contributed by atoms with Gasteiger partial charge in [0.25, 0.3) is 0 Å². The Balaban J connectivity index is 1.67. The molecular formula is C18H16ClN3. The van der Waals surface area contributed by atoms with Gasteiger partial charge in [-0.1, -0.05) is 29.8 Å². The first-order chi connectivity index (χ1) is 10.8. The van der Waals surface area contributed by atoms with E-state index < -0.39 is 0 Å². The first-order valence-corrected chi connectivity index (χ1v) is 7.98. The second kappa shape index (κ2) is 5.58. The Kier molecular flexibility index (Phi) is 3.43. The average molecular weight is 310 g/mol. The van der Waals surface area contributed by atoms with Gasteiger partial charge in [-0.25, -0.2) is 9.97 Å². The molecule has 0 atom stereocenters. The minimum absolute atomic E-state index is 0.666. The van der Waals surface area contributed by atoms with Crippen molar-refractivity contribution in [1.82, 2.24) is 9.97 Å². The van der Waals surface area contributed by atoms with Crippen LogP contribution in [0.4, 0.5) is 11.6 Å². The van der Waals surface area contributed by atoms with Crippen molar-refractivity contribution in [2.75, 3.05) is 5.32 Å². The highest BCUT2D eigenvalue weighted by Crippen LogP contribution is 2.25. The highest BCUT2D eigenvalue weighted by molar-refractivity contribution is 6.35. The minimum atomic E-state index is 0.666. The number of anilines is 2. The summed E-state index contributed by atoms with van der Waals surface area (Å²) in [6, 6.07) is 14.0. The molecule has 22 heavy (non-hydrogen) atoms. The highest BCUT2D eigenvalue weighted by atomic mass is 35.5. The molecule has 0 radical (unpaired) electrons. The van der Waals surface area contributed by atoms with Gasteiger partial charge in [-0.3, -0.25) is 0 Å². The maximum atomic E-state index is 6.22. The fourth-order valence-electron chi connectivity index (χ4n) is 2.96. The van der Waals surface area contributed by atoms with E-state index in [4.69, 9.17) is 16.6 Å². The number of aromatic nitrogens is 2. The lowest BCUT2D eigenvalue weighted by Crippen LogP contribution is -2.07. The SMILES string of the molecule is Clc1cccc2ccc(Nc3ccc4c(n3)CCCC4)nc12. The number of aryl methyl sites for hydroxylation is 2. The molecule has 4 rings (SSSR count). The molecular weight excluding hydrogens is 294 g/mol. The maximum Gasteiger partial charge on any atom is 0.132 e. The molecule has 3 nitrogen and oxygen atoms in total. The normalized spacial score (nSPS) is 13.9. The number of fused-ring (bicyclic) bond motifs is 2. The van der Waals surface area contributed by atoms with Gasteiger partial charge in [0.1, 0.15) is 11.6 Å². The zero-order chi connectivity index (χ0) is 14.9. The van der Waals surface area contributed by atoms with Crippen LogP contribution in [0.25, 0.3) is 10.9 Å². The van der Waals surface area contributed by atoms with Gasteiger partial charge in [-0.05, 0) is 55.5 Å². The van der Waals surface area contributed by atoms with Crippen LogP contribution in [0.2, 0.25) is 5.02 Å². The van der Waals surface area contributed by atoms with Crippen LogP contribution in [0.3, 0.4) is 0 Å². The van der Waals surface area contributed by atoms with E-state index in [1.165, 1.54) is 24.1 Å². The summed E-state index contributed by atoms with van der Waals surface area (Å²) in [5, 5.41) is 5.00. The molecule has 0 amide bonds. The summed E-state index contributed by atoms with van der Waals surface area (Å²) in [7, 11) is 0. The van der Waals surface area contributed by atoms with Crippen molar-refractivity contribution >= 4 is 34.1 Å². The molecule has 0 bridgehead atoms. The highest BCUT2D eigenvalue weighted by Gasteiger charge is 2.11. The first kappa shape index (κ1) is 13.5. The lowest BCUT2D eigenvalue weighted by atomic mass is 9.96. The van der Waals surface area contributed by atoms with Crippen molar-refractivity contribution in [3.63, 3.8) is 0 Å². The summed E-state index contributed by atoms with van der Waals surface area (Å²) in [4.78, 5) is 9.33. The van der Waals surface area contributed by atoms with Crippen molar-refractivity contribution in [3.8, 4) is 0 Å². The van der Waals surface area contributed by atoms with Gasteiger partial charge in [0.2, 0.25) is 0 Å². The van der Waals surface area contributed by atoms with Gasteiger partial charge in [-0.2, -0.15) is 0 Å². The smallest absolute Gasteiger partial charge is 0.132 e. The van der Waals surface area contributed by atoms with Gasteiger partial charge in [0.05, 0.1) is 10.5 Å². The van der Waals surface area contributed by atoms with Crippen molar-refractivity contribution in [2.45, 2.75) is 25.7 Å². The van der Waals surface area contributed by atoms with Gasteiger partial charge in [0, 0.05) is 11.1 Å². The van der Waals surface area contributed by atoms with Crippen LogP contribution in [0.15, 0.2) is 42.5 Å². The third kappa shape index (κ3) is 2.53. The van der Waals surface area contributed by atoms with E-state index in [-0.39, 0.29) is 0 Å². The Labute approximate surface area is 134 Å². The van der Waals surface area contributed by atoms with Crippen LogP contribution >= 0.6 is 11.6 Å². The number of nitrogens with one attached hydrogen (secondary N) is 1. The molecule has 0 fully saturated rings. The Hall–Kier alpha value is -2.13. The molecule has 3 aromatic rings. The van der Waals surface area contributed by atoms with E-state index in [0.29, 0.717) is 5.02 Å². The number of rotatable bonds is 2. The molecule has 2 heterocycles. The number of hydrogen-bond acceptors (Lipinski definition) is 3. The van der Waals surface area contributed by atoms with Crippen molar-refractivity contribution < 1.29 is 0 Å². The predicted molar refractivity (Wildman–Crippen MR) is 90.9 cm³/mol. The number of hydrogen-bond donors (Lipinski definition) is 1. The molecule has 1 aromatic carbocycles. The molecule has 1 aliphatic carbocycles. The van der Waals surface area contributed by atoms with Gasteiger partial charge in [0.15, 0.2) is 0 Å². The summed E-state index contributed by atoms with van der Waals surface area (Å²) in [6.07, 6.45) is 4.72. The monoisotopic (exact) mass is 309 g/mol. The van der Waals surface area contributed by atoms with E-state index >= 15 is 0 Å². The van der Waals surface area contributed by atoms with Gasteiger partial charge in [-0.15, -0.1) is 0 Å². The van der Waals surface area contributed by atoms with Gasteiger partial charge < -0.3 is 5.32 Å². The lowest BCUT2D eigenvalue weighted by molar-refractivity contribution is 0.669. The number of benzene rings is 1. The van der Waals surface area contributed by atoms with E-state index in [1.54, 1.807) is 0 Å². The summed E-state index contributed by atoms with van der Waals surface area (Å²) in [5.74, 6) is 1.61. The van der Waals surface area contributed by atoms with E-state index in [1.807, 2.05) is 36.4 Å². The zero-order valence-corrected chi connectivity index (χ0v) is 12.9. The molecule has 110 valence electrons. The van der Waals surface area contributed by atoms with Crippen LogP contribution in [-0.2, 0) is 12.8 Å². The van der Waals surface area contributed by atoms with Gasteiger partial charge >= 0.3 is 0 Å². The fourth-order valence-corrected chi connectivity index (χ4v) is 3.19. The zero-order valence-electron chi connectivity index (χ0n) is 12.1. The van der Waals surface area contributed by atoms with E-state index in [2.05, 4.69) is 16.4 Å². The lowest BCUT2D eigenvalue weighted by Gasteiger charge is -2.16. The van der Waals surface area contributed by atoms with E-state index in [9.17, 15) is 0 Å². The molecule has 4 heteroatoms. The molecule has 0 unspecified atom stereocenters. The molecule has 0 aliphatic heterocycles. The summed E-state index contributed by atoms with van der Waals surface area (Å²) >= 11 is 6.22. The second-order valence-electron chi connectivity index (χ2n) is 5.64. The average Bonchev–Trinajstić information content (AvgIpc) is 2.56. The van der Waals surface area contributed by atoms with Crippen molar-refractivity contribution in [3.05, 3.63) is 58.7 Å². The Morgan fingerprint density at radius 2 is 1.68 bits per heavy atom. The topological polar surface area (TPSA) is 37.8 Å². The van der Waals surface area contributed by atoms with Crippen LogP contribution in [-0.4, -0.2) is 9.97 Å². The van der Waals surface area contributed by atoms with Crippen molar-refractivity contribution in [1.29, 1.82) is 0 Å². The predicted octanol–water partition coefficient (Wildman–Crippen LogP) is 4.91. The van der Waals surface area contributed by atoms with Crippen LogP contribution in [0.1, 0.15) is 24.1 Å². The first-order valence-electron chi connectivity index (χ1n) is 7.61. The number of halogens is 1. The summed E-state index contributed by atoms with van der Waals surface area (Å²) in [5.41, 5.74) is 3.41. The summed E-state index contributed by atoms with van der Waals surface area (Å²) < 4.78 is 0. The second-order valence-corrected chi connectivity index (χ2v) is 6.05. The standard InChI is InChI=1S/C18H16ClN3/c19-14-6-3-5-13-9-11-17(22-18(13)14)21-16-10-8-12-4-1-2-7-15(12)20-16/h3,5-6,8-11H,1-2,4,7H2,(H,20,21,22). The molecule has 0 spiro atoms. The fraction of sp³-hybridized carbons (Fsp3) is 0.222. The number of nitrogens with zero attached hydrogens (tertiary/aromatic N) is 2. The Bertz CT molecular complexity index is 845. The summed E-state index contributed by atoms with van der Waals surface area (Å²) in [6.45, 7) is 0. The molecule has 1 aliphatic rings. The molecule has 0 saturated carbocycles. The number of para-hydroxylation sites is 1. The third-order valence-electron chi connectivity index (χ3n) is 4.11.